The monoisotopic (exact) mass is 523 g/mol. The van der Waals surface area contributed by atoms with Gasteiger partial charge in [0.05, 0.1) is 22.2 Å². The number of unbranched alkanes of at least 4 members (excludes halogenated alkanes) is 1. The number of nitrogens with one attached hydrogen (secondary N) is 1. The summed E-state index contributed by atoms with van der Waals surface area (Å²) in [4.78, 5) is 28.4. The number of hydrogen-bond acceptors (Lipinski definition) is 4. The minimum atomic E-state index is -0.941. The Labute approximate surface area is 227 Å². The third-order valence-corrected chi connectivity index (χ3v) is 7.37. The van der Waals surface area contributed by atoms with Crippen molar-refractivity contribution in [1.29, 1.82) is 0 Å². The molecule has 3 aromatic carbocycles. The SMILES string of the molecule is CCCCc1nc2ccc(NC3=C(C(=O)O)CCCC3)cc2n1Cc1ccc(-c2ccccc2C(=O)O)cc1. The van der Waals surface area contributed by atoms with E-state index in [0.29, 0.717) is 24.1 Å². The number of rotatable bonds is 10. The quantitative estimate of drug-likeness (QED) is 0.204. The molecule has 0 saturated carbocycles. The molecule has 0 bridgehead atoms. The standard InChI is InChI=1S/C32H33N3O4/c1-2-3-12-30-34-28-18-17-23(33-27-11-7-6-10-26(27)32(38)39)19-29(28)35(30)20-21-13-15-22(16-14-21)24-8-4-5-9-25(24)31(36)37/h4-5,8-9,13-19,33H,2-3,6-7,10-12,20H2,1H3,(H,36,37)(H,38,39). The molecule has 3 N–H and O–H groups in total. The zero-order valence-electron chi connectivity index (χ0n) is 22.1. The molecule has 0 atom stereocenters. The van der Waals surface area contributed by atoms with Gasteiger partial charge in [-0.05, 0) is 73.1 Å². The van der Waals surface area contributed by atoms with E-state index < -0.39 is 11.9 Å². The van der Waals surface area contributed by atoms with Crippen LogP contribution in [0.1, 0.15) is 67.2 Å². The van der Waals surface area contributed by atoms with Crippen molar-refractivity contribution in [2.24, 2.45) is 0 Å². The maximum Gasteiger partial charge on any atom is 0.336 e. The maximum atomic E-state index is 11.8. The molecule has 0 spiro atoms. The van der Waals surface area contributed by atoms with Gasteiger partial charge in [0.25, 0.3) is 0 Å². The van der Waals surface area contributed by atoms with Crippen molar-refractivity contribution >= 4 is 28.7 Å². The molecule has 7 heteroatoms. The maximum absolute atomic E-state index is 11.8. The topological polar surface area (TPSA) is 104 Å². The number of aromatic nitrogens is 2. The highest BCUT2D eigenvalue weighted by molar-refractivity contribution is 5.96. The first-order chi connectivity index (χ1) is 18.9. The number of hydrogen-bond donors (Lipinski definition) is 3. The second kappa shape index (κ2) is 11.6. The molecule has 0 amide bonds. The van der Waals surface area contributed by atoms with Gasteiger partial charge in [0.15, 0.2) is 0 Å². The van der Waals surface area contributed by atoms with E-state index in [0.717, 1.165) is 77.9 Å². The van der Waals surface area contributed by atoms with Crippen LogP contribution < -0.4 is 5.32 Å². The normalized spacial score (nSPS) is 13.6. The molecule has 0 fully saturated rings. The van der Waals surface area contributed by atoms with Gasteiger partial charge in [-0.15, -0.1) is 0 Å². The summed E-state index contributed by atoms with van der Waals surface area (Å²) in [7, 11) is 0. The average Bonchev–Trinajstić information content (AvgIpc) is 3.28. The molecule has 1 aromatic heterocycles. The first kappa shape index (κ1) is 26.2. The van der Waals surface area contributed by atoms with E-state index in [1.807, 2.05) is 48.5 Å². The summed E-state index contributed by atoms with van der Waals surface area (Å²) in [5.74, 6) is -0.768. The number of carboxylic acids is 2. The van der Waals surface area contributed by atoms with Crippen molar-refractivity contribution in [3.63, 3.8) is 0 Å². The van der Waals surface area contributed by atoms with E-state index in [9.17, 15) is 19.8 Å². The summed E-state index contributed by atoms with van der Waals surface area (Å²) in [5, 5.41) is 22.6. The zero-order chi connectivity index (χ0) is 27.4. The van der Waals surface area contributed by atoms with E-state index in [-0.39, 0.29) is 5.56 Å². The van der Waals surface area contributed by atoms with Crippen LogP contribution in [0.25, 0.3) is 22.2 Å². The smallest absolute Gasteiger partial charge is 0.336 e. The fraction of sp³-hybridized carbons (Fsp3) is 0.281. The van der Waals surface area contributed by atoms with Crippen LogP contribution >= 0.6 is 0 Å². The van der Waals surface area contributed by atoms with Gasteiger partial charge in [-0.1, -0.05) is 55.8 Å². The van der Waals surface area contributed by atoms with E-state index in [1.165, 1.54) is 0 Å². The molecule has 39 heavy (non-hydrogen) atoms. The summed E-state index contributed by atoms with van der Waals surface area (Å²) in [6, 6.07) is 21.1. The van der Waals surface area contributed by atoms with Crippen molar-refractivity contribution in [2.45, 2.75) is 58.4 Å². The summed E-state index contributed by atoms with van der Waals surface area (Å²) >= 11 is 0. The minimum Gasteiger partial charge on any atom is -0.478 e. The van der Waals surface area contributed by atoms with Crippen molar-refractivity contribution in [1.82, 2.24) is 9.55 Å². The number of carboxylic acid groups (broad SMARTS) is 2. The van der Waals surface area contributed by atoms with Crippen LogP contribution in [0.15, 0.2) is 78.0 Å². The Bertz CT molecular complexity index is 1550. The van der Waals surface area contributed by atoms with Crippen LogP contribution in [0.5, 0.6) is 0 Å². The van der Waals surface area contributed by atoms with E-state index in [1.54, 1.807) is 12.1 Å². The van der Waals surface area contributed by atoms with Crippen LogP contribution in [-0.4, -0.2) is 31.7 Å². The van der Waals surface area contributed by atoms with Crippen molar-refractivity contribution < 1.29 is 19.8 Å². The largest absolute Gasteiger partial charge is 0.478 e. The summed E-state index contributed by atoms with van der Waals surface area (Å²) in [6.07, 6.45) is 6.18. The molecule has 1 heterocycles. The number of nitrogens with zero attached hydrogens (tertiary/aromatic N) is 2. The summed E-state index contributed by atoms with van der Waals surface area (Å²) < 4.78 is 2.24. The molecule has 5 rings (SSSR count). The second-order valence-electron chi connectivity index (χ2n) is 10.1. The lowest BCUT2D eigenvalue weighted by Gasteiger charge is -2.19. The molecule has 7 nitrogen and oxygen atoms in total. The first-order valence-electron chi connectivity index (χ1n) is 13.6. The number of imidazole rings is 1. The number of aryl methyl sites for hydroxylation is 1. The molecule has 4 aromatic rings. The number of fused-ring (bicyclic) bond motifs is 1. The van der Waals surface area contributed by atoms with Crippen LogP contribution in [0.4, 0.5) is 5.69 Å². The Balaban J connectivity index is 1.48. The Morgan fingerprint density at radius 2 is 1.72 bits per heavy atom. The third kappa shape index (κ3) is 5.72. The Morgan fingerprint density at radius 1 is 0.949 bits per heavy atom. The molecule has 1 aliphatic carbocycles. The number of benzene rings is 3. The van der Waals surface area contributed by atoms with Gasteiger partial charge >= 0.3 is 11.9 Å². The summed E-state index contributed by atoms with van der Waals surface area (Å²) in [5.41, 5.74) is 6.97. The van der Waals surface area contributed by atoms with Crippen molar-refractivity contribution in [2.75, 3.05) is 5.32 Å². The second-order valence-corrected chi connectivity index (χ2v) is 10.1. The molecule has 0 aliphatic heterocycles. The Kier molecular flexibility index (Phi) is 7.77. The Hall–Kier alpha value is -4.39. The molecule has 0 saturated heterocycles. The van der Waals surface area contributed by atoms with Crippen molar-refractivity contribution in [3.8, 4) is 11.1 Å². The predicted octanol–water partition coefficient (Wildman–Crippen LogP) is 7.12. The molecular weight excluding hydrogens is 490 g/mol. The van der Waals surface area contributed by atoms with E-state index in [2.05, 4.69) is 22.9 Å². The van der Waals surface area contributed by atoms with Gasteiger partial charge in [-0.25, -0.2) is 14.6 Å². The van der Waals surface area contributed by atoms with Gasteiger partial charge in [0.1, 0.15) is 5.82 Å². The third-order valence-electron chi connectivity index (χ3n) is 7.37. The first-order valence-corrected chi connectivity index (χ1v) is 13.6. The highest BCUT2D eigenvalue weighted by Gasteiger charge is 2.19. The van der Waals surface area contributed by atoms with Gasteiger partial charge in [-0.3, -0.25) is 0 Å². The number of anilines is 1. The molecule has 200 valence electrons. The lowest BCUT2D eigenvalue weighted by Crippen LogP contribution is -2.14. The van der Waals surface area contributed by atoms with Gasteiger partial charge in [0, 0.05) is 24.4 Å². The fourth-order valence-electron chi connectivity index (χ4n) is 5.30. The highest BCUT2D eigenvalue weighted by atomic mass is 16.4. The van der Waals surface area contributed by atoms with Crippen LogP contribution in [0, 0.1) is 0 Å². The van der Waals surface area contributed by atoms with Gasteiger partial charge < -0.3 is 20.1 Å². The molecule has 0 unspecified atom stereocenters. The Morgan fingerprint density at radius 3 is 2.46 bits per heavy atom. The van der Waals surface area contributed by atoms with Gasteiger partial charge in [0.2, 0.25) is 0 Å². The fourth-order valence-corrected chi connectivity index (χ4v) is 5.30. The van der Waals surface area contributed by atoms with Crippen LogP contribution in [0.3, 0.4) is 0 Å². The molecule has 0 radical (unpaired) electrons. The lowest BCUT2D eigenvalue weighted by molar-refractivity contribution is -0.133. The number of carbonyl (C=O) groups is 2. The van der Waals surface area contributed by atoms with Crippen LogP contribution in [-0.2, 0) is 17.8 Å². The molecule has 1 aliphatic rings. The lowest BCUT2D eigenvalue weighted by atomic mass is 9.96. The van der Waals surface area contributed by atoms with Crippen LogP contribution in [0.2, 0.25) is 0 Å². The minimum absolute atomic E-state index is 0.284. The zero-order valence-corrected chi connectivity index (χ0v) is 22.1. The average molecular weight is 524 g/mol. The number of aromatic carboxylic acids is 1. The van der Waals surface area contributed by atoms with E-state index >= 15 is 0 Å². The van der Waals surface area contributed by atoms with E-state index in [4.69, 9.17) is 4.98 Å². The number of allylic oxidation sites excluding steroid dienone is 1. The highest BCUT2D eigenvalue weighted by Crippen LogP contribution is 2.30. The molecular formula is C32H33N3O4. The number of aliphatic carboxylic acids is 1. The van der Waals surface area contributed by atoms with Gasteiger partial charge in [-0.2, -0.15) is 0 Å². The summed E-state index contributed by atoms with van der Waals surface area (Å²) in [6.45, 7) is 2.80. The van der Waals surface area contributed by atoms with Crippen molar-refractivity contribution in [3.05, 3.63) is 95.0 Å². The predicted molar refractivity (Wildman–Crippen MR) is 153 cm³/mol.